The Morgan fingerprint density at radius 3 is 1.41 bits per heavy atom. The summed E-state index contributed by atoms with van der Waals surface area (Å²) in [7, 11) is -4.84. The molecule has 0 aliphatic heterocycles. The van der Waals surface area contributed by atoms with Crippen LogP contribution in [-0.2, 0) is 19.7 Å². The van der Waals surface area contributed by atoms with E-state index < -0.39 is 33.7 Å². The van der Waals surface area contributed by atoms with Crippen molar-refractivity contribution in [1.29, 1.82) is 0 Å². The zero-order valence-corrected chi connectivity index (χ0v) is 23.5. The third-order valence-corrected chi connectivity index (χ3v) is 12.1. The SMILES string of the molecule is CCCCCCC[CH2][Ba][CH2]CCCCCCC.O=C(O)CC(C(=O)O)S(=O)(=O)O. The van der Waals surface area contributed by atoms with Crippen LogP contribution >= 0.6 is 0 Å². The standard InChI is InChI=1S/2C8H17.C4H6O7S.Ba/c2*1-3-5-7-8-6-4-2;5-3(6)1-2(4(7)8)12(9,10)11;/h2*1,3-8H2,2H3;2H,1H2,(H,5,6)(H,7,8)(H,9,10,11);. The summed E-state index contributed by atoms with van der Waals surface area (Å²) in [5.41, 5.74) is 0. The predicted octanol–water partition coefficient (Wildman–Crippen LogP) is 5.05. The van der Waals surface area contributed by atoms with Gasteiger partial charge in [0.25, 0.3) is 10.1 Å². The maximum atomic E-state index is 10.2. The molecule has 9 heteroatoms. The Morgan fingerprint density at radius 1 is 0.759 bits per heavy atom. The van der Waals surface area contributed by atoms with Crippen molar-refractivity contribution in [3.05, 3.63) is 0 Å². The van der Waals surface area contributed by atoms with Gasteiger partial charge in [-0.15, -0.1) is 0 Å². The molecule has 0 radical (unpaired) electrons. The molecule has 170 valence electrons. The Hall–Kier alpha value is 0.421. The molecule has 3 N–H and O–H groups in total. The molecule has 1 atom stereocenters. The van der Waals surface area contributed by atoms with E-state index in [0.717, 1.165) is 0 Å². The van der Waals surface area contributed by atoms with Crippen molar-refractivity contribution in [3.63, 3.8) is 0 Å². The number of hydrogen-bond donors (Lipinski definition) is 3. The first-order valence-electron chi connectivity index (χ1n) is 11.1. The molecule has 0 aromatic carbocycles. The number of aliphatic carboxylic acids is 2. The van der Waals surface area contributed by atoms with Crippen molar-refractivity contribution in [2.45, 2.75) is 104 Å². The van der Waals surface area contributed by atoms with E-state index in [2.05, 4.69) is 13.8 Å². The van der Waals surface area contributed by atoms with Gasteiger partial charge < -0.3 is 10.2 Å². The van der Waals surface area contributed by atoms with Crippen LogP contribution in [-0.4, -0.2) is 84.6 Å². The van der Waals surface area contributed by atoms with E-state index in [9.17, 15) is 18.0 Å². The molecule has 7 nitrogen and oxygen atoms in total. The van der Waals surface area contributed by atoms with Gasteiger partial charge in [-0.3, -0.25) is 14.1 Å². The van der Waals surface area contributed by atoms with Crippen LogP contribution in [0.25, 0.3) is 0 Å². The van der Waals surface area contributed by atoms with Crippen molar-refractivity contribution in [3.8, 4) is 0 Å². The molecule has 0 saturated carbocycles. The van der Waals surface area contributed by atoms with E-state index in [1.54, 1.807) is 14.6 Å². The molecule has 0 rings (SSSR count). The Bertz CT molecular complexity index is 495. The number of rotatable bonds is 18. The van der Waals surface area contributed by atoms with Gasteiger partial charge >= 0.3 is 149 Å². The number of carboxylic acids is 2. The van der Waals surface area contributed by atoms with Gasteiger partial charge in [0.1, 0.15) is 0 Å². The maximum Gasteiger partial charge on any atom is 0.325 e. The van der Waals surface area contributed by atoms with Crippen molar-refractivity contribution >= 4 is 66.2 Å². The minimum absolute atomic E-state index is 0.361. The van der Waals surface area contributed by atoms with Gasteiger partial charge in [-0.25, -0.2) is 0 Å². The molecule has 1 unspecified atom stereocenters. The second kappa shape index (κ2) is 21.6. The van der Waals surface area contributed by atoms with Crippen molar-refractivity contribution < 1.29 is 32.8 Å². The van der Waals surface area contributed by atoms with Crippen LogP contribution in [0.3, 0.4) is 0 Å². The van der Waals surface area contributed by atoms with E-state index in [0.29, 0.717) is 0 Å². The minimum Gasteiger partial charge on any atom is -0.481 e. The minimum atomic E-state index is -4.84. The second-order valence-electron chi connectivity index (χ2n) is 7.54. The van der Waals surface area contributed by atoms with Crippen LogP contribution in [0, 0.1) is 0 Å². The molecule has 0 fully saturated rings. The number of unbranched alkanes of at least 4 members (excludes halogenated alkanes) is 10. The van der Waals surface area contributed by atoms with Crippen molar-refractivity contribution in [1.82, 2.24) is 0 Å². The summed E-state index contributed by atoms with van der Waals surface area (Å²) in [6.45, 7) is 4.61. The molecule has 0 saturated heterocycles. The third kappa shape index (κ3) is 24.6. The Kier molecular flexibility index (Phi) is 23.6. The summed E-state index contributed by atoms with van der Waals surface area (Å²) in [5.74, 6) is -3.50. The van der Waals surface area contributed by atoms with E-state index >= 15 is 0 Å². The Labute approximate surface area is 201 Å². The van der Waals surface area contributed by atoms with Gasteiger partial charge in [0.05, 0.1) is 6.42 Å². The average Bonchev–Trinajstić information content (AvgIpc) is 2.63. The van der Waals surface area contributed by atoms with Crippen LogP contribution in [0.5, 0.6) is 0 Å². The molecule has 29 heavy (non-hydrogen) atoms. The molecule has 0 spiro atoms. The zero-order valence-electron chi connectivity index (χ0n) is 18.3. The van der Waals surface area contributed by atoms with Gasteiger partial charge in [-0.2, -0.15) is 8.42 Å². The number of hydrogen-bond acceptors (Lipinski definition) is 4. The van der Waals surface area contributed by atoms with E-state index in [-0.39, 0.29) is 44.2 Å². The van der Waals surface area contributed by atoms with Crippen molar-refractivity contribution in [2.75, 3.05) is 0 Å². The van der Waals surface area contributed by atoms with Crippen LogP contribution in [0.1, 0.15) is 97.3 Å². The third-order valence-electron chi connectivity index (χ3n) is 4.70. The fourth-order valence-electron chi connectivity index (χ4n) is 2.92. The molecule has 0 aliphatic carbocycles. The van der Waals surface area contributed by atoms with E-state index in [1.807, 2.05) is 0 Å². The first-order valence-corrected chi connectivity index (χ1v) is 18.9. The van der Waals surface area contributed by atoms with Crippen LogP contribution in [0.2, 0.25) is 1.78 Å². The Morgan fingerprint density at radius 2 is 1.14 bits per heavy atom. The molecular formula is C20H40BaO7S. The van der Waals surface area contributed by atoms with Crippen LogP contribution < -0.4 is 0 Å². The number of carbonyl (C=O) groups is 2. The molecular weight excluding hydrogens is 522 g/mol. The molecule has 0 aromatic rings. The molecule has 0 aromatic heterocycles. The van der Waals surface area contributed by atoms with Crippen molar-refractivity contribution in [2.24, 2.45) is 0 Å². The normalized spacial score (nSPS) is 11.8. The first-order chi connectivity index (χ1) is 13.7. The fourth-order valence-corrected chi connectivity index (χ4v) is 9.08. The summed E-state index contributed by atoms with van der Waals surface area (Å²) in [5, 5.41) is 13.9. The van der Waals surface area contributed by atoms with Crippen LogP contribution in [0.15, 0.2) is 0 Å². The second-order valence-corrected chi connectivity index (χ2v) is 15.8. The predicted molar refractivity (Wildman–Crippen MR) is 117 cm³/mol. The Balaban J connectivity index is 0. The van der Waals surface area contributed by atoms with E-state index in [4.69, 9.17) is 14.8 Å². The first kappa shape index (κ1) is 31.6. The summed E-state index contributed by atoms with van der Waals surface area (Å²) in [6, 6.07) is 0. The number of carboxylic acid groups (broad SMARTS) is 2. The average molecular weight is 562 g/mol. The molecule has 0 heterocycles. The zero-order chi connectivity index (χ0) is 22.5. The van der Waals surface area contributed by atoms with Gasteiger partial charge in [0.15, 0.2) is 5.25 Å². The summed E-state index contributed by atoms with van der Waals surface area (Å²) in [6.07, 6.45) is 16.8. The fraction of sp³-hybridized carbons (Fsp3) is 0.900. The monoisotopic (exact) mass is 562 g/mol. The van der Waals surface area contributed by atoms with Gasteiger partial charge in [0.2, 0.25) is 0 Å². The molecule has 0 bridgehead atoms. The molecule has 0 amide bonds. The molecule has 0 aliphatic rings. The van der Waals surface area contributed by atoms with Gasteiger partial charge in [-0.1, -0.05) is 0 Å². The maximum absolute atomic E-state index is 10.2. The smallest absolute Gasteiger partial charge is 0.325 e. The van der Waals surface area contributed by atoms with Gasteiger partial charge in [0, 0.05) is 0 Å². The van der Waals surface area contributed by atoms with Gasteiger partial charge in [-0.05, 0) is 0 Å². The largest absolute Gasteiger partial charge is 0.481 e. The summed E-state index contributed by atoms with van der Waals surface area (Å²) in [4.78, 5) is 20.0. The van der Waals surface area contributed by atoms with E-state index in [1.165, 1.54) is 64.2 Å². The topological polar surface area (TPSA) is 129 Å². The quantitative estimate of drug-likeness (QED) is 0.121. The summed E-state index contributed by atoms with van der Waals surface area (Å²) < 4.78 is 32.1. The van der Waals surface area contributed by atoms with Crippen LogP contribution in [0.4, 0.5) is 0 Å². The summed E-state index contributed by atoms with van der Waals surface area (Å²) >= 11 is -0.361.